The minimum atomic E-state index is -0.585. The van der Waals surface area contributed by atoms with Gasteiger partial charge in [0.25, 0.3) is 0 Å². The van der Waals surface area contributed by atoms with Gasteiger partial charge in [0.05, 0.1) is 6.61 Å². The number of carbonyl (C=O) groups is 2. The van der Waals surface area contributed by atoms with Gasteiger partial charge >= 0.3 is 12.1 Å². The first kappa shape index (κ1) is 11.8. The van der Waals surface area contributed by atoms with Crippen LogP contribution in [0.15, 0.2) is 0 Å². The molecule has 1 heterocycles. The fraction of sp³-hybridized carbons (Fsp3) is 0.800. The zero-order valence-corrected chi connectivity index (χ0v) is 9.49. The number of carbonyl (C=O) groups excluding carboxylic acids is 2. The monoisotopic (exact) mass is 215 g/mol. The summed E-state index contributed by atoms with van der Waals surface area (Å²) in [6.07, 6.45) is -0.585. The lowest BCUT2D eigenvalue weighted by Crippen LogP contribution is -2.44. The van der Waals surface area contributed by atoms with E-state index in [-0.39, 0.29) is 5.92 Å². The highest BCUT2D eigenvalue weighted by Gasteiger charge is 2.35. The average Bonchev–Trinajstić information content (AvgIpc) is 2.32. The molecule has 0 radical (unpaired) electrons. The molecule has 0 aromatic rings. The van der Waals surface area contributed by atoms with Crippen molar-refractivity contribution in [2.75, 3.05) is 6.61 Å². The van der Waals surface area contributed by atoms with Gasteiger partial charge in [-0.1, -0.05) is 6.92 Å². The van der Waals surface area contributed by atoms with Gasteiger partial charge in [-0.15, -0.1) is 0 Å². The van der Waals surface area contributed by atoms with Gasteiger partial charge in [0.2, 0.25) is 0 Å². The summed E-state index contributed by atoms with van der Waals surface area (Å²) in [6, 6.07) is -0.583. The lowest BCUT2D eigenvalue weighted by atomic mass is 10.1. The molecule has 1 fully saturated rings. The van der Waals surface area contributed by atoms with Crippen molar-refractivity contribution >= 4 is 12.1 Å². The number of cyclic esters (lactones) is 1. The number of amides is 1. The standard InChI is InChI=1S/C10H17NO4/c1-6-5-14-8(12)7(6)11-9(13)15-10(2,3)4/h6-7H,5H2,1-4H3,(H,11,13)/t6-,7+/m0/s1. The molecule has 1 N–H and O–H groups in total. The van der Waals surface area contributed by atoms with Gasteiger partial charge in [-0.05, 0) is 20.8 Å². The van der Waals surface area contributed by atoms with Crippen LogP contribution in [-0.4, -0.2) is 30.3 Å². The molecule has 0 saturated carbocycles. The van der Waals surface area contributed by atoms with Crippen molar-refractivity contribution in [2.45, 2.75) is 39.3 Å². The quantitative estimate of drug-likeness (QED) is 0.664. The van der Waals surface area contributed by atoms with E-state index in [1.54, 1.807) is 20.8 Å². The van der Waals surface area contributed by atoms with E-state index >= 15 is 0 Å². The van der Waals surface area contributed by atoms with E-state index in [0.717, 1.165) is 0 Å². The first-order valence-corrected chi connectivity index (χ1v) is 4.96. The molecule has 5 heteroatoms. The van der Waals surface area contributed by atoms with Crippen molar-refractivity contribution in [1.29, 1.82) is 0 Å². The number of hydrogen-bond acceptors (Lipinski definition) is 4. The Balaban J connectivity index is 2.48. The van der Waals surface area contributed by atoms with Gasteiger partial charge in [0.15, 0.2) is 0 Å². The molecule has 1 saturated heterocycles. The summed E-state index contributed by atoms with van der Waals surface area (Å²) >= 11 is 0. The number of esters is 1. The molecule has 86 valence electrons. The molecular weight excluding hydrogens is 198 g/mol. The molecule has 1 amide bonds. The fourth-order valence-electron chi connectivity index (χ4n) is 1.27. The Morgan fingerprint density at radius 3 is 2.53 bits per heavy atom. The Hall–Kier alpha value is -1.26. The highest BCUT2D eigenvalue weighted by atomic mass is 16.6. The van der Waals surface area contributed by atoms with Crippen LogP contribution in [0.25, 0.3) is 0 Å². The highest BCUT2D eigenvalue weighted by molar-refractivity contribution is 5.83. The third kappa shape index (κ3) is 3.42. The normalized spacial score (nSPS) is 26.0. The van der Waals surface area contributed by atoms with E-state index in [1.165, 1.54) is 0 Å². The van der Waals surface area contributed by atoms with Gasteiger partial charge in [0, 0.05) is 5.92 Å². The molecule has 5 nitrogen and oxygen atoms in total. The molecule has 0 aliphatic carbocycles. The minimum Gasteiger partial charge on any atom is -0.464 e. The van der Waals surface area contributed by atoms with Crippen molar-refractivity contribution in [3.8, 4) is 0 Å². The Morgan fingerprint density at radius 1 is 1.53 bits per heavy atom. The predicted octanol–water partition coefficient (Wildman–Crippen LogP) is 1.07. The Bertz CT molecular complexity index is 269. The maximum atomic E-state index is 11.4. The van der Waals surface area contributed by atoms with Crippen molar-refractivity contribution < 1.29 is 19.1 Å². The van der Waals surface area contributed by atoms with Gasteiger partial charge in [-0.3, -0.25) is 0 Å². The van der Waals surface area contributed by atoms with Gasteiger partial charge < -0.3 is 14.8 Å². The molecule has 0 spiro atoms. The smallest absolute Gasteiger partial charge is 0.408 e. The Labute approximate surface area is 89.1 Å². The first-order chi connectivity index (χ1) is 6.79. The summed E-state index contributed by atoms with van der Waals surface area (Å²) in [5, 5.41) is 2.50. The van der Waals surface area contributed by atoms with Crippen LogP contribution >= 0.6 is 0 Å². The van der Waals surface area contributed by atoms with Crippen LogP contribution in [0.4, 0.5) is 4.79 Å². The Morgan fingerprint density at radius 2 is 2.13 bits per heavy atom. The maximum absolute atomic E-state index is 11.4. The summed E-state index contributed by atoms with van der Waals surface area (Å²) in [5.74, 6) is -0.404. The summed E-state index contributed by atoms with van der Waals surface area (Å²) < 4.78 is 9.84. The van der Waals surface area contributed by atoms with Crippen molar-refractivity contribution in [3.05, 3.63) is 0 Å². The number of alkyl carbamates (subject to hydrolysis) is 1. The minimum absolute atomic E-state index is 0.00924. The molecule has 0 unspecified atom stereocenters. The lowest BCUT2D eigenvalue weighted by Gasteiger charge is -2.21. The molecule has 0 aromatic heterocycles. The van der Waals surface area contributed by atoms with Crippen LogP contribution in [0.2, 0.25) is 0 Å². The highest BCUT2D eigenvalue weighted by Crippen LogP contribution is 2.15. The van der Waals surface area contributed by atoms with E-state index < -0.39 is 23.7 Å². The maximum Gasteiger partial charge on any atom is 0.408 e. The van der Waals surface area contributed by atoms with Crippen LogP contribution in [0.5, 0.6) is 0 Å². The number of hydrogen-bond donors (Lipinski definition) is 1. The van der Waals surface area contributed by atoms with Gasteiger partial charge in [-0.25, -0.2) is 9.59 Å². The second-order valence-electron chi connectivity index (χ2n) is 4.73. The lowest BCUT2D eigenvalue weighted by molar-refractivity contribution is -0.139. The number of ether oxygens (including phenoxy) is 2. The third-order valence-electron chi connectivity index (χ3n) is 1.98. The second kappa shape index (κ2) is 4.08. The van der Waals surface area contributed by atoms with Gasteiger partial charge in [-0.2, -0.15) is 0 Å². The molecule has 15 heavy (non-hydrogen) atoms. The van der Waals surface area contributed by atoms with Crippen molar-refractivity contribution in [3.63, 3.8) is 0 Å². The SMILES string of the molecule is C[C@H]1COC(=O)[C@@H]1NC(=O)OC(C)(C)C. The van der Waals surface area contributed by atoms with E-state index in [2.05, 4.69) is 5.32 Å². The Kier molecular flexibility index (Phi) is 3.21. The summed E-state index contributed by atoms with van der Waals surface area (Å²) in [4.78, 5) is 22.6. The topological polar surface area (TPSA) is 64.6 Å². The first-order valence-electron chi connectivity index (χ1n) is 4.96. The number of nitrogens with one attached hydrogen (secondary N) is 1. The second-order valence-corrected chi connectivity index (χ2v) is 4.73. The summed E-state index contributed by atoms with van der Waals surface area (Å²) in [5.41, 5.74) is -0.560. The molecule has 2 atom stereocenters. The summed E-state index contributed by atoms with van der Waals surface area (Å²) in [7, 11) is 0. The predicted molar refractivity (Wildman–Crippen MR) is 53.3 cm³/mol. The van der Waals surface area contributed by atoms with E-state index in [9.17, 15) is 9.59 Å². The largest absolute Gasteiger partial charge is 0.464 e. The van der Waals surface area contributed by atoms with Crippen LogP contribution in [0.3, 0.4) is 0 Å². The van der Waals surface area contributed by atoms with Crippen LogP contribution in [0.1, 0.15) is 27.7 Å². The third-order valence-corrected chi connectivity index (χ3v) is 1.98. The van der Waals surface area contributed by atoms with E-state index in [1.807, 2.05) is 6.92 Å². The molecular formula is C10H17NO4. The molecule has 0 aromatic carbocycles. The van der Waals surface area contributed by atoms with E-state index in [0.29, 0.717) is 6.61 Å². The van der Waals surface area contributed by atoms with Crippen LogP contribution < -0.4 is 5.32 Å². The zero-order valence-electron chi connectivity index (χ0n) is 9.49. The summed E-state index contributed by atoms with van der Waals surface area (Å²) in [6.45, 7) is 7.49. The zero-order chi connectivity index (χ0) is 11.6. The molecule has 0 bridgehead atoms. The molecule has 1 aliphatic rings. The van der Waals surface area contributed by atoms with Crippen LogP contribution in [0, 0.1) is 5.92 Å². The molecule has 1 rings (SSSR count). The van der Waals surface area contributed by atoms with E-state index in [4.69, 9.17) is 9.47 Å². The molecule has 1 aliphatic heterocycles. The van der Waals surface area contributed by atoms with Gasteiger partial charge in [0.1, 0.15) is 11.6 Å². The van der Waals surface area contributed by atoms with Crippen molar-refractivity contribution in [2.24, 2.45) is 5.92 Å². The van der Waals surface area contributed by atoms with Crippen molar-refractivity contribution in [1.82, 2.24) is 5.32 Å². The fourth-order valence-corrected chi connectivity index (χ4v) is 1.27. The number of rotatable bonds is 1. The average molecular weight is 215 g/mol. The van der Waals surface area contributed by atoms with Crippen LogP contribution in [-0.2, 0) is 14.3 Å².